The van der Waals surface area contributed by atoms with Crippen LogP contribution in [0.2, 0.25) is 0 Å². The first kappa shape index (κ1) is 29.8. The Bertz CT molecular complexity index is 1530. The van der Waals surface area contributed by atoms with Crippen LogP contribution in [0.15, 0.2) is 72.8 Å². The molecule has 0 saturated carbocycles. The number of hydrogen-bond acceptors (Lipinski definition) is 11. The van der Waals surface area contributed by atoms with E-state index >= 15 is 0 Å². The standard InChI is InChI=1S/C27H21N3O11/c31-23(17-5-3-7-19(13-17)29(36)37)15-40-26(34)12-11-25(33)28-22-10-2-1-9-21(22)27(35)41-16-24(32)18-6-4-8-20(14-18)30(38)39/h1-10,13-14H,11-12,15-16H2,(H,28,33). The lowest BCUT2D eigenvalue weighted by Gasteiger charge is -2.11. The molecule has 0 saturated heterocycles. The van der Waals surface area contributed by atoms with Gasteiger partial charge in [0.15, 0.2) is 13.2 Å². The van der Waals surface area contributed by atoms with Crippen LogP contribution >= 0.6 is 0 Å². The van der Waals surface area contributed by atoms with E-state index in [9.17, 15) is 44.2 Å². The van der Waals surface area contributed by atoms with E-state index in [1.807, 2.05) is 0 Å². The Labute approximate surface area is 231 Å². The summed E-state index contributed by atoms with van der Waals surface area (Å²) in [7, 11) is 0. The van der Waals surface area contributed by atoms with Crippen molar-refractivity contribution in [2.45, 2.75) is 12.8 Å². The van der Waals surface area contributed by atoms with Gasteiger partial charge in [0.1, 0.15) is 0 Å². The molecule has 0 heterocycles. The molecule has 0 bridgehead atoms. The molecule has 3 rings (SSSR count). The molecule has 0 radical (unpaired) electrons. The number of nitro benzene ring substituents is 2. The van der Waals surface area contributed by atoms with E-state index in [0.29, 0.717) is 0 Å². The minimum Gasteiger partial charge on any atom is -0.457 e. The van der Waals surface area contributed by atoms with Gasteiger partial charge in [0.05, 0.1) is 27.5 Å². The van der Waals surface area contributed by atoms with Crippen molar-refractivity contribution in [3.8, 4) is 0 Å². The zero-order valence-corrected chi connectivity index (χ0v) is 21.1. The molecule has 14 nitrogen and oxygen atoms in total. The molecule has 3 aromatic carbocycles. The van der Waals surface area contributed by atoms with Crippen molar-refractivity contribution in [2.75, 3.05) is 18.5 Å². The van der Waals surface area contributed by atoms with Crippen molar-refractivity contribution < 1.29 is 43.3 Å². The fourth-order valence-electron chi connectivity index (χ4n) is 3.38. The maximum Gasteiger partial charge on any atom is 0.340 e. The predicted molar refractivity (Wildman–Crippen MR) is 140 cm³/mol. The Balaban J connectivity index is 1.49. The first-order valence-corrected chi connectivity index (χ1v) is 11.8. The molecule has 0 unspecified atom stereocenters. The highest BCUT2D eigenvalue weighted by atomic mass is 16.6. The minimum atomic E-state index is -0.946. The third-order valence-electron chi connectivity index (χ3n) is 5.43. The normalized spacial score (nSPS) is 10.2. The number of anilines is 1. The van der Waals surface area contributed by atoms with Crippen LogP contribution in [0.3, 0.4) is 0 Å². The molecule has 0 aliphatic heterocycles. The summed E-state index contributed by atoms with van der Waals surface area (Å²) >= 11 is 0. The molecule has 0 spiro atoms. The number of carbonyl (C=O) groups is 5. The minimum absolute atomic E-state index is 0.0139. The number of para-hydroxylation sites is 1. The number of ketones is 2. The number of nitrogens with zero attached hydrogens (tertiary/aromatic N) is 2. The third kappa shape index (κ3) is 8.61. The monoisotopic (exact) mass is 563 g/mol. The van der Waals surface area contributed by atoms with Crippen LogP contribution in [0, 0.1) is 20.2 Å². The van der Waals surface area contributed by atoms with Gasteiger partial charge in [0.2, 0.25) is 17.5 Å². The molecule has 0 aliphatic carbocycles. The average molecular weight is 563 g/mol. The van der Waals surface area contributed by atoms with Gasteiger partial charge >= 0.3 is 11.9 Å². The largest absolute Gasteiger partial charge is 0.457 e. The lowest BCUT2D eigenvalue weighted by atomic mass is 10.1. The molecular formula is C27H21N3O11. The van der Waals surface area contributed by atoms with Crippen LogP contribution in [0.25, 0.3) is 0 Å². The highest BCUT2D eigenvalue weighted by Crippen LogP contribution is 2.18. The summed E-state index contributed by atoms with van der Waals surface area (Å²) in [6.45, 7) is -1.38. The van der Waals surface area contributed by atoms with E-state index in [4.69, 9.17) is 9.47 Å². The third-order valence-corrected chi connectivity index (χ3v) is 5.43. The van der Waals surface area contributed by atoms with Crippen molar-refractivity contribution in [1.29, 1.82) is 0 Å². The molecule has 0 fully saturated rings. The second kappa shape index (κ2) is 13.8. The van der Waals surface area contributed by atoms with Crippen LogP contribution in [-0.4, -0.2) is 52.5 Å². The Hall–Kier alpha value is -5.79. The van der Waals surface area contributed by atoms with Crippen LogP contribution < -0.4 is 5.32 Å². The fourth-order valence-corrected chi connectivity index (χ4v) is 3.38. The van der Waals surface area contributed by atoms with Gasteiger partial charge < -0.3 is 14.8 Å². The lowest BCUT2D eigenvalue weighted by Crippen LogP contribution is -2.19. The number of esters is 2. The summed E-state index contributed by atoms with van der Waals surface area (Å²) in [6, 6.07) is 15.6. The highest BCUT2D eigenvalue weighted by molar-refractivity contribution is 6.04. The van der Waals surface area contributed by atoms with Gasteiger partial charge in [-0.05, 0) is 12.1 Å². The first-order chi connectivity index (χ1) is 19.5. The van der Waals surface area contributed by atoms with Crippen molar-refractivity contribution in [1.82, 2.24) is 0 Å². The summed E-state index contributed by atoms with van der Waals surface area (Å²) in [5.74, 6) is -3.82. The molecular weight excluding hydrogens is 542 g/mol. The lowest BCUT2D eigenvalue weighted by molar-refractivity contribution is -0.385. The van der Waals surface area contributed by atoms with E-state index in [0.717, 1.165) is 12.1 Å². The van der Waals surface area contributed by atoms with Crippen LogP contribution in [0.4, 0.5) is 17.1 Å². The number of nitrogens with one attached hydrogen (secondary N) is 1. The number of benzene rings is 3. The number of Topliss-reactive ketones (excluding diaryl/α,β-unsaturated/α-hetero) is 2. The Kier molecular flexibility index (Phi) is 10.0. The van der Waals surface area contributed by atoms with E-state index in [2.05, 4.69) is 5.32 Å². The molecule has 210 valence electrons. The predicted octanol–water partition coefficient (Wildman–Crippen LogP) is 3.69. The maximum atomic E-state index is 12.6. The molecule has 1 N–H and O–H groups in total. The van der Waals surface area contributed by atoms with Crippen LogP contribution in [0.1, 0.15) is 43.9 Å². The molecule has 0 atom stereocenters. The second-order valence-electron chi connectivity index (χ2n) is 8.29. The topological polar surface area (TPSA) is 202 Å². The van der Waals surface area contributed by atoms with Gasteiger partial charge in [-0.3, -0.25) is 39.4 Å². The fraction of sp³-hybridized carbons (Fsp3) is 0.148. The number of ether oxygens (including phenoxy) is 2. The molecule has 0 aliphatic rings. The maximum absolute atomic E-state index is 12.6. The summed E-state index contributed by atoms with van der Waals surface area (Å²) < 4.78 is 9.87. The van der Waals surface area contributed by atoms with Crippen LogP contribution in [-0.2, 0) is 19.1 Å². The number of carbonyl (C=O) groups excluding carboxylic acids is 5. The van der Waals surface area contributed by atoms with Crippen molar-refractivity contribution >= 4 is 46.5 Å². The first-order valence-electron chi connectivity index (χ1n) is 11.8. The second-order valence-corrected chi connectivity index (χ2v) is 8.29. The zero-order valence-electron chi connectivity index (χ0n) is 21.1. The van der Waals surface area contributed by atoms with Crippen molar-refractivity contribution in [2.24, 2.45) is 0 Å². The van der Waals surface area contributed by atoms with E-state index in [1.54, 1.807) is 0 Å². The van der Waals surface area contributed by atoms with Gasteiger partial charge in [-0.1, -0.05) is 36.4 Å². The molecule has 1 amide bonds. The molecule has 41 heavy (non-hydrogen) atoms. The van der Waals surface area contributed by atoms with Gasteiger partial charge in [0, 0.05) is 41.8 Å². The Morgan fingerprint density at radius 1 is 0.683 bits per heavy atom. The van der Waals surface area contributed by atoms with Crippen LogP contribution in [0.5, 0.6) is 0 Å². The smallest absolute Gasteiger partial charge is 0.340 e. The zero-order chi connectivity index (χ0) is 29.9. The number of rotatable bonds is 13. The molecule has 3 aromatic rings. The molecule has 14 heteroatoms. The summed E-state index contributed by atoms with van der Waals surface area (Å²) in [4.78, 5) is 81.8. The van der Waals surface area contributed by atoms with E-state index < -0.39 is 58.9 Å². The average Bonchev–Trinajstić information content (AvgIpc) is 2.97. The quantitative estimate of drug-likeness (QED) is 0.137. The SMILES string of the molecule is O=C(CCC(=O)OCC(=O)c1cccc([N+](=O)[O-])c1)Nc1ccccc1C(=O)OCC(=O)c1cccc([N+](=O)[O-])c1. The van der Waals surface area contributed by atoms with Crippen molar-refractivity contribution in [3.05, 3.63) is 110 Å². The number of hydrogen-bond donors (Lipinski definition) is 1. The summed E-state index contributed by atoms with van der Waals surface area (Å²) in [6.07, 6.45) is -0.767. The molecule has 0 aromatic heterocycles. The summed E-state index contributed by atoms with van der Waals surface area (Å²) in [5, 5.41) is 24.2. The van der Waals surface area contributed by atoms with Gasteiger partial charge in [-0.15, -0.1) is 0 Å². The Morgan fingerprint density at radius 2 is 1.22 bits per heavy atom. The van der Waals surface area contributed by atoms with Gasteiger partial charge in [-0.2, -0.15) is 0 Å². The van der Waals surface area contributed by atoms with Crippen molar-refractivity contribution in [3.63, 3.8) is 0 Å². The van der Waals surface area contributed by atoms with E-state index in [-0.39, 0.29) is 40.2 Å². The number of non-ortho nitro benzene ring substituents is 2. The summed E-state index contributed by atoms with van der Waals surface area (Å²) in [5.41, 5.74) is -0.671. The highest BCUT2D eigenvalue weighted by Gasteiger charge is 2.19. The van der Waals surface area contributed by atoms with Gasteiger partial charge in [-0.25, -0.2) is 4.79 Å². The van der Waals surface area contributed by atoms with Gasteiger partial charge in [0.25, 0.3) is 11.4 Å². The Morgan fingerprint density at radius 3 is 1.78 bits per heavy atom. The number of amides is 1. The van der Waals surface area contributed by atoms with E-state index in [1.165, 1.54) is 60.7 Å². The number of nitro groups is 2.